The Morgan fingerprint density at radius 1 is 1.26 bits per heavy atom. The summed E-state index contributed by atoms with van der Waals surface area (Å²) in [6.45, 7) is 0.648. The molecule has 3 unspecified atom stereocenters. The highest BCUT2D eigenvalue weighted by atomic mass is 127. The zero-order chi connectivity index (χ0) is 15.4. The molecule has 0 spiro atoms. The molecule has 1 heterocycles. The molecule has 130 valence electrons. The van der Waals surface area contributed by atoms with Gasteiger partial charge in [0.2, 0.25) is 0 Å². The summed E-state index contributed by atoms with van der Waals surface area (Å²) in [5.41, 5.74) is 0. The van der Waals surface area contributed by atoms with Gasteiger partial charge >= 0.3 is 0 Å². The Kier molecular flexibility index (Phi) is 7.10. The van der Waals surface area contributed by atoms with E-state index in [9.17, 15) is 0 Å². The number of guanidine groups is 1. The van der Waals surface area contributed by atoms with Crippen LogP contribution in [0.5, 0.6) is 0 Å². The minimum Gasteiger partial charge on any atom is -0.354 e. The van der Waals surface area contributed by atoms with Gasteiger partial charge < -0.3 is 15.2 Å². The van der Waals surface area contributed by atoms with E-state index in [1.165, 1.54) is 44.9 Å². The van der Waals surface area contributed by atoms with Crippen molar-refractivity contribution in [2.75, 3.05) is 7.05 Å². The summed E-state index contributed by atoms with van der Waals surface area (Å²) < 4.78 is 1.92. The molecule has 0 amide bonds. The van der Waals surface area contributed by atoms with Crippen LogP contribution >= 0.6 is 24.0 Å². The summed E-state index contributed by atoms with van der Waals surface area (Å²) >= 11 is 0. The fraction of sp³-hybridized carbons (Fsp3) is 0.812. The molecule has 3 rings (SSSR count). The van der Waals surface area contributed by atoms with Crippen LogP contribution in [-0.2, 0) is 13.6 Å². The Bertz CT molecular complexity index is 514. The van der Waals surface area contributed by atoms with Crippen molar-refractivity contribution in [1.82, 2.24) is 25.4 Å². The van der Waals surface area contributed by atoms with Gasteiger partial charge in [-0.15, -0.1) is 34.2 Å². The van der Waals surface area contributed by atoms with E-state index in [4.69, 9.17) is 0 Å². The van der Waals surface area contributed by atoms with E-state index in [1.807, 2.05) is 18.7 Å². The van der Waals surface area contributed by atoms with E-state index in [0.717, 1.165) is 23.6 Å². The molecule has 2 aliphatic rings. The van der Waals surface area contributed by atoms with Crippen molar-refractivity contribution in [2.24, 2.45) is 23.9 Å². The summed E-state index contributed by atoms with van der Waals surface area (Å²) in [5.74, 6) is 3.71. The van der Waals surface area contributed by atoms with E-state index in [0.29, 0.717) is 12.6 Å². The monoisotopic (exact) mass is 432 g/mol. The first-order valence-electron chi connectivity index (χ1n) is 8.56. The molecule has 0 radical (unpaired) electrons. The number of fused-ring (bicyclic) bond motifs is 1. The van der Waals surface area contributed by atoms with Gasteiger partial charge in [0.1, 0.15) is 6.33 Å². The van der Waals surface area contributed by atoms with E-state index < -0.39 is 0 Å². The molecule has 0 bridgehead atoms. The smallest absolute Gasteiger partial charge is 0.191 e. The normalized spacial score (nSPS) is 27.7. The molecule has 1 aromatic heterocycles. The predicted octanol–water partition coefficient (Wildman–Crippen LogP) is 2.46. The lowest BCUT2D eigenvalue weighted by molar-refractivity contribution is 0.150. The van der Waals surface area contributed by atoms with Crippen molar-refractivity contribution in [1.29, 1.82) is 0 Å². The first kappa shape index (κ1) is 18.5. The van der Waals surface area contributed by atoms with E-state index in [1.54, 1.807) is 6.33 Å². The topological polar surface area (TPSA) is 67.1 Å². The van der Waals surface area contributed by atoms with Gasteiger partial charge in [-0.1, -0.05) is 25.7 Å². The first-order valence-corrected chi connectivity index (χ1v) is 8.56. The number of aromatic nitrogens is 3. The molecule has 0 aromatic carbocycles. The molecule has 2 fully saturated rings. The molecule has 7 heteroatoms. The summed E-state index contributed by atoms with van der Waals surface area (Å²) in [6, 6.07) is 0.560. The van der Waals surface area contributed by atoms with Crippen LogP contribution in [0.2, 0.25) is 0 Å². The highest BCUT2D eigenvalue weighted by Crippen LogP contribution is 2.40. The van der Waals surface area contributed by atoms with Crippen LogP contribution in [-0.4, -0.2) is 33.8 Å². The Hall–Kier alpha value is -0.860. The first-order chi connectivity index (χ1) is 10.8. The second kappa shape index (κ2) is 8.84. The molecular weight excluding hydrogens is 403 g/mol. The van der Waals surface area contributed by atoms with Crippen molar-refractivity contribution in [3.63, 3.8) is 0 Å². The maximum Gasteiger partial charge on any atom is 0.191 e. The molecule has 6 nitrogen and oxygen atoms in total. The van der Waals surface area contributed by atoms with Gasteiger partial charge in [0.15, 0.2) is 11.8 Å². The number of aryl methyl sites for hydroxylation is 1. The average molecular weight is 432 g/mol. The third-order valence-electron chi connectivity index (χ3n) is 5.32. The molecular formula is C16H29IN6. The van der Waals surface area contributed by atoms with E-state index >= 15 is 0 Å². The number of nitrogens with one attached hydrogen (secondary N) is 2. The second-order valence-corrected chi connectivity index (χ2v) is 6.74. The van der Waals surface area contributed by atoms with Crippen LogP contribution in [0, 0.1) is 11.8 Å². The summed E-state index contributed by atoms with van der Waals surface area (Å²) in [7, 11) is 3.79. The molecule has 2 aliphatic carbocycles. The molecule has 1 aromatic rings. The van der Waals surface area contributed by atoms with Gasteiger partial charge in [0.05, 0.1) is 6.54 Å². The number of aliphatic imine (C=N–C) groups is 1. The van der Waals surface area contributed by atoms with Gasteiger partial charge in [-0.25, -0.2) is 0 Å². The number of hydrogen-bond acceptors (Lipinski definition) is 3. The van der Waals surface area contributed by atoms with Crippen molar-refractivity contribution < 1.29 is 0 Å². The lowest BCUT2D eigenvalue weighted by atomic mass is 9.69. The summed E-state index contributed by atoms with van der Waals surface area (Å²) in [4.78, 5) is 4.35. The summed E-state index contributed by atoms with van der Waals surface area (Å²) in [6.07, 6.45) is 11.4. The number of hydrogen-bond donors (Lipinski definition) is 2. The highest BCUT2D eigenvalue weighted by molar-refractivity contribution is 14.0. The molecule has 3 atom stereocenters. The molecule has 0 aliphatic heterocycles. The zero-order valence-electron chi connectivity index (χ0n) is 14.2. The SMILES string of the molecule is CN=C(NCc1nncn1C)NC1CCC2CCCCC2C1.I. The van der Waals surface area contributed by atoms with Crippen LogP contribution < -0.4 is 10.6 Å². The quantitative estimate of drug-likeness (QED) is 0.438. The Morgan fingerprint density at radius 2 is 2.04 bits per heavy atom. The Balaban J connectivity index is 0.00000192. The summed E-state index contributed by atoms with van der Waals surface area (Å²) in [5, 5.41) is 14.9. The van der Waals surface area contributed by atoms with Crippen LogP contribution in [0.1, 0.15) is 50.8 Å². The van der Waals surface area contributed by atoms with Crippen LogP contribution in [0.25, 0.3) is 0 Å². The molecule has 0 saturated heterocycles. The van der Waals surface area contributed by atoms with Crippen molar-refractivity contribution in [3.8, 4) is 0 Å². The lowest BCUT2D eigenvalue weighted by Crippen LogP contribution is -2.46. The van der Waals surface area contributed by atoms with Gasteiger partial charge in [0.25, 0.3) is 0 Å². The Labute approximate surface area is 155 Å². The molecule has 2 N–H and O–H groups in total. The largest absolute Gasteiger partial charge is 0.354 e. The third-order valence-corrected chi connectivity index (χ3v) is 5.32. The maximum absolute atomic E-state index is 4.35. The fourth-order valence-corrected chi connectivity index (χ4v) is 4.02. The zero-order valence-corrected chi connectivity index (χ0v) is 16.5. The maximum atomic E-state index is 4.35. The molecule has 23 heavy (non-hydrogen) atoms. The van der Waals surface area contributed by atoms with Gasteiger partial charge in [-0.3, -0.25) is 4.99 Å². The molecule has 2 saturated carbocycles. The fourth-order valence-electron chi connectivity index (χ4n) is 4.02. The van der Waals surface area contributed by atoms with E-state index in [-0.39, 0.29) is 24.0 Å². The number of rotatable bonds is 3. The van der Waals surface area contributed by atoms with E-state index in [2.05, 4.69) is 25.8 Å². The standard InChI is InChI=1S/C16H28N6.HI/c1-17-16(18-10-15-21-19-11-22(15)2)20-14-8-7-12-5-3-4-6-13(12)9-14;/h11-14H,3-10H2,1-2H3,(H2,17,18,20);1H. The van der Waals surface area contributed by atoms with Crippen LogP contribution in [0.4, 0.5) is 0 Å². The number of nitrogens with zero attached hydrogens (tertiary/aromatic N) is 4. The Morgan fingerprint density at radius 3 is 2.74 bits per heavy atom. The van der Waals surface area contributed by atoms with Gasteiger partial charge in [-0.2, -0.15) is 0 Å². The van der Waals surface area contributed by atoms with Crippen molar-refractivity contribution in [3.05, 3.63) is 12.2 Å². The van der Waals surface area contributed by atoms with Crippen molar-refractivity contribution >= 4 is 29.9 Å². The lowest BCUT2D eigenvalue weighted by Gasteiger charge is -2.39. The van der Waals surface area contributed by atoms with Crippen molar-refractivity contribution in [2.45, 2.75) is 57.5 Å². The van der Waals surface area contributed by atoms with Gasteiger partial charge in [-0.05, 0) is 31.1 Å². The predicted molar refractivity (Wildman–Crippen MR) is 103 cm³/mol. The third kappa shape index (κ3) is 4.81. The van der Waals surface area contributed by atoms with Crippen LogP contribution in [0.15, 0.2) is 11.3 Å². The second-order valence-electron chi connectivity index (χ2n) is 6.74. The van der Waals surface area contributed by atoms with Crippen LogP contribution in [0.3, 0.4) is 0 Å². The highest BCUT2D eigenvalue weighted by Gasteiger charge is 2.32. The number of halogens is 1. The minimum absolute atomic E-state index is 0. The minimum atomic E-state index is 0. The van der Waals surface area contributed by atoms with Gasteiger partial charge in [0, 0.05) is 20.1 Å². The average Bonchev–Trinajstić information content (AvgIpc) is 2.96.